The minimum absolute atomic E-state index is 0.199. The van der Waals surface area contributed by atoms with Gasteiger partial charge in [-0.15, -0.1) is 0 Å². The summed E-state index contributed by atoms with van der Waals surface area (Å²) in [4.78, 5) is 17.7. The SMILES string of the molecule is CCCNc1ccc(C(=O)N(C)CC(O)COC)nc1. The highest BCUT2D eigenvalue weighted by atomic mass is 16.5. The molecule has 0 bridgehead atoms. The summed E-state index contributed by atoms with van der Waals surface area (Å²) in [5.74, 6) is -0.220. The van der Waals surface area contributed by atoms with Gasteiger partial charge in [0.1, 0.15) is 5.69 Å². The summed E-state index contributed by atoms with van der Waals surface area (Å²) in [6.45, 7) is 3.37. The van der Waals surface area contributed by atoms with Crippen molar-refractivity contribution < 1.29 is 14.6 Å². The van der Waals surface area contributed by atoms with Crippen molar-refractivity contribution in [3.05, 3.63) is 24.0 Å². The number of aliphatic hydroxyl groups excluding tert-OH is 1. The second-order valence-electron chi connectivity index (χ2n) is 4.65. The molecule has 0 aliphatic rings. The second kappa shape index (κ2) is 8.50. The molecule has 0 saturated carbocycles. The van der Waals surface area contributed by atoms with Gasteiger partial charge in [-0.3, -0.25) is 4.79 Å². The van der Waals surface area contributed by atoms with E-state index in [1.165, 1.54) is 12.0 Å². The summed E-state index contributed by atoms with van der Waals surface area (Å²) in [6.07, 6.45) is 1.97. The third kappa shape index (κ3) is 5.14. The van der Waals surface area contributed by atoms with E-state index < -0.39 is 6.10 Å². The fraction of sp³-hybridized carbons (Fsp3) is 0.571. The van der Waals surface area contributed by atoms with Crippen LogP contribution in [-0.4, -0.2) is 60.9 Å². The van der Waals surface area contributed by atoms with Crippen molar-refractivity contribution in [2.75, 3.05) is 39.2 Å². The van der Waals surface area contributed by atoms with E-state index in [4.69, 9.17) is 4.74 Å². The number of aromatic nitrogens is 1. The Morgan fingerprint density at radius 3 is 2.85 bits per heavy atom. The summed E-state index contributed by atoms with van der Waals surface area (Å²) < 4.78 is 4.83. The molecule has 1 rings (SSSR count). The van der Waals surface area contributed by atoms with Crippen LogP contribution >= 0.6 is 0 Å². The molecule has 0 radical (unpaired) electrons. The lowest BCUT2D eigenvalue weighted by Crippen LogP contribution is -2.36. The third-order valence-corrected chi connectivity index (χ3v) is 2.75. The van der Waals surface area contributed by atoms with Gasteiger partial charge in [-0.2, -0.15) is 0 Å². The number of nitrogens with one attached hydrogen (secondary N) is 1. The first-order valence-electron chi connectivity index (χ1n) is 6.70. The van der Waals surface area contributed by atoms with Crippen molar-refractivity contribution in [3.63, 3.8) is 0 Å². The average Bonchev–Trinajstić information content (AvgIpc) is 2.45. The van der Waals surface area contributed by atoms with Gasteiger partial charge in [0.2, 0.25) is 0 Å². The van der Waals surface area contributed by atoms with Crippen molar-refractivity contribution in [2.24, 2.45) is 0 Å². The summed E-state index contributed by atoms with van der Waals surface area (Å²) in [7, 11) is 3.14. The Labute approximate surface area is 119 Å². The molecule has 1 heterocycles. The van der Waals surface area contributed by atoms with Crippen LogP contribution in [0.4, 0.5) is 5.69 Å². The fourth-order valence-corrected chi connectivity index (χ4v) is 1.73. The lowest BCUT2D eigenvalue weighted by Gasteiger charge is -2.20. The maximum absolute atomic E-state index is 12.1. The molecule has 6 nitrogen and oxygen atoms in total. The molecule has 1 amide bonds. The first kappa shape index (κ1) is 16.4. The average molecular weight is 281 g/mol. The standard InChI is InChI=1S/C14H23N3O3/c1-4-7-15-11-5-6-13(16-8-11)14(19)17(2)9-12(18)10-20-3/h5-6,8,12,15,18H,4,7,9-10H2,1-3H3. The van der Waals surface area contributed by atoms with E-state index in [0.717, 1.165) is 18.7 Å². The van der Waals surface area contributed by atoms with Crippen molar-refractivity contribution >= 4 is 11.6 Å². The smallest absolute Gasteiger partial charge is 0.272 e. The zero-order chi connectivity index (χ0) is 15.0. The highest BCUT2D eigenvalue weighted by Crippen LogP contribution is 2.08. The molecule has 0 saturated heterocycles. The van der Waals surface area contributed by atoms with Gasteiger partial charge in [0.25, 0.3) is 5.91 Å². The molecule has 6 heteroatoms. The molecule has 1 aromatic rings. The third-order valence-electron chi connectivity index (χ3n) is 2.75. The maximum atomic E-state index is 12.1. The number of rotatable bonds is 8. The molecule has 1 atom stereocenters. The molecular weight excluding hydrogens is 258 g/mol. The van der Waals surface area contributed by atoms with E-state index >= 15 is 0 Å². The molecule has 0 aromatic carbocycles. The van der Waals surface area contributed by atoms with Gasteiger partial charge < -0.3 is 20.1 Å². The summed E-state index contributed by atoms with van der Waals surface area (Å²) >= 11 is 0. The van der Waals surface area contributed by atoms with Crippen LogP contribution in [-0.2, 0) is 4.74 Å². The number of pyridine rings is 1. The summed E-state index contributed by atoms with van der Waals surface area (Å²) in [5, 5.41) is 12.8. The first-order valence-corrected chi connectivity index (χ1v) is 6.70. The number of methoxy groups -OCH3 is 1. The van der Waals surface area contributed by atoms with Gasteiger partial charge in [-0.25, -0.2) is 4.98 Å². The Bertz CT molecular complexity index is 409. The van der Waals surface area contributed by atoms with Crippen LogP contribution in [0.25, 0.3) is 0 Å². The number of hydrogen-bond donors (Lipinski definition) is 2. The van der Waals surface area contributed by atoms with E-state index in [1.807, 2.05) is 6.07 Å². The Balaban J connectivity index is 2.58. The normalized spacial score (nSPS) is 12.0. The molecule has 1 unspecified atom stereocenters. The van der Waals surface area contributed by atoms with Gasteiger partial charge >= 0.3 is 0 Å². The molecule has 0 aliphatic heterocycles. The molecule has 0 aliphatic carbocycles. The minimum atomic E-state index is -0.695. The highest BCUT2D eigenvalue weighted by Gasteiger charge is 2.16. The summed E-state index contributed by atoms with van der Waals surface area (Å²) in [6, 6.07) is 3.51. The Morgan fingerprint density at radius 2 is 2.30 bits per heavy atom. The monoisotopic (exact) mass is 281 g/mol. The molecule has 0 fully saturated rings. The van der Waals surface area contributed by atoms with Crippen LogP contribution in [0.5, 0.6) is 0 Å². The van der Waals surface area contributed by atoms with E-state index in [-0.39, 0.29) is 19.1 Å². The highest BCUT2D eigenvalue weighted by molar-refractivity contribution is 5.92. The van der Waals surface area contributed by atoms with Gasteiger partial charge in [-0.1, -0.05) is 6.92 Å². The van der Waals surface area contributed by atoms with Crippen LogP contribution in [0.1, 0.15) is 23.8 Å². The van der Waals surface area contributed by atoms with Gasteiger partial charge in [0.05, 0.1) is 24.6 Å². The second-order valence-corrected chi connectivity index (χ2v) is 4.65. The molecular formula is C14H23N3O3. The summed E-state index contributed by atoms with van der Waals surface area (Å²) in [5.41, 5.74) is 1.25. The Kier molecular flexibility index (Phi) is 6.97. The van der Waals surface area contributed by atoms with Crippen molar-refractivity contribution in [1.29, 1.82) is 0 Å². The van der Waals surface area contributed by atoms with Crippen molar-refractivity contribution in [3.8, 4) is 0 Å². The molecule has 112 valence electrons. The number of ether oxygens (including phenoxy) is 1. The first-order chi connectivity index (χ1) is 9.58. The quantitative estimate of drug-likeness (QED) is 0.743. The van der Waals surface area contributed by atoms with Crippen LogP contribution in [0.3, 0.4) is 0 Å². The Hall–Kier alpha value is -1.66. The number of anilines is 1. The maximum Gasteiger partial charge on any atom is 0.272 e. The minimum Gasteiger partial charge on any atom is -0.389 e. The Morgan fingerprint density at radius 1 is 1.55 bits per heavy atom. The predicted molar refractivity (Wildman–Crippen MR) is 77.9 cm³/mol. The number of hydrogen-bond acceptors (Lipinski definition) is 5. The van der Waals surface area contributed by atoms with Gasteiger partial charge in [0, 0.05) is 27.2 Å². The van der Waals surface area contributed by atoms with E-state index in [2.05, 4.69) is 17.2 Å². The van der Waals surface area contributed by atoms with Gasteiger partial charge in [-0.05, 0) is 18.6 Å². The van der Waals surface area contributed by atoms with Crippen molar-refractivity contribution in [2.45, 2.75) is 19.4 Å². The van der Waals surface area contributed by atoms with Crippen LogP contribution in [0.15, 0.2) is 18.3 Å². The van der Waals surface area contributed by atoms with Crippen molar-refractivity contribution in [1.82, 2.24) is 9.88 Å². The van der Waals surface area contributed by atoms with Crippen LogP contribution < -0.4 is 5.32 Å². The molecule has 0 spiro atoms. The number of aliphatic hydroxyl groups is 1. The lowest BCUT2D eigenvalue weighted by molar-refractivity contribution is 0.0378. The zero-order valence-electron chi connectivity index (χ0n) is 12.3. The molecule has 2 N–H and O–H groups in total. The van der Waals surface area contributed by atoms with Gasteiger partial charge in [0.15, 0.2) is 0 Å². The number of nitrogens with zero attached hydrogens (tertiary/aromatic N) is 2. The zero-order valence-corrected chi connectivity index (χ0v) is 12.3. The van der Waals surface area contributed by atoms with E-state index in [1.54, 1.807) is 19.3 Å². The fourth-order valence-electron chi connectivity index (χ4n) is 1.73. The van der Waals surface area contributed by atoms with Crippen LogP contribution in [0, 0.1) is 0 Å². The topological polar surface area (TPSA) is 74.7 Å². The molecule has 1 aromatic heterocycles. The number of carbonyl (C=O) groups is 1. The lowest BCUT2D eigenvalue weighted by atomic mass is 10.2. The van der Waals surface area contributed by atoms with E-state index in [0.29, 0.717) is 5.69 Å². The number of likely N-dealkylation sites (N-methyl/N-ethyl adjacent to an activating group) is 1. The largest absolute Gasteiger partial charge is 0.389 e. The van der Waals surface area contributed by atoms with Crippen LogP contribution in [0.2, 0.25) is 0 Å². The molecule has 20 heavy (non-hydrogen) atoms. The van der Waals surface area contributed by atoms with E-state index in [9.17, 15) is 9.90 Å². The number of carbonyl (C=O) groups excluding carboxylic acids is 1. The predicted octanol–water partition coefficient (Wildman–Crippen LogP) is 0.983. The number of amides is 1.